The lowest BCUT2D eigenvalue weighted by Crippen LogP contribution is -2.34. The van der Waals surface area contributed by atoms with E-state index in [1.165, 1.54) is 0 Å². The summed E-state index contributed by atoms with van der Waals surface area (Å²) in [5.41, 5.74) is 3.19. The average Bonchev–Trinajstić information content (AvgIpc) is 3.14. The van der Waals surface area contributed by atoms with Crippen molar-refractivity contribution in [1.29, 1.82) is 0 Å². The molecular weight excluding hydrogens is 450 g/mol. The fraction of sp³-hybridized carbons (Fsp3) is 0.435. The molecule has 4 nitrogen and oxygen atoms in total. The molecular formula is C23H24F6N2O2. The Bertz CT molecular complexity index is 914. The van der Waals surface area contributed by atoms with Crippen molar-refractivity contribution in [2.24, 2.45) is 11.7 Å². The molecule has 0 spiro atoms. The van der Waals surface area contributed by atoms with Crippen molar-refractivity contribution < 1.29 is 35.9 Å². The summed E-state index contributed by atoms with van der Waals surface area (Å²) >= 11 is 0. The number of halogens is 6. The first-order valence-electron chi connectivity index (χ1n) is 10.4. The van der Waals surface area contributed by atoms with E-state index < -0.39 is 35.5 Å². The van der Waals surface area contributed by atoms with Crippen LogP contribution in [0.3, 0.4) is 0 Å². The van der Waals surface area contributed by atoms with E-state index >= 15 is 0 Å². The Morgan fingerprint density at radius 1 is 0.970 bits per heavy atom. The Labute approximate surface area is 187 Å². The SMILES string of the molecule is NC(=O)CNC[C@@H]1CC[C@H](OCc2cc(C(F)(F)F)cc(C(F)(F)F)c2)[C@H]1c1ccccc1. The van der Waals surface area contributed by atoms with Crippen molar-refractivity contribution in [3.63, 3.8) is 0 Å². The summed E-state index contributed by atoms with van der Waals surface area (Å²) in [6, 6.07) is 10.8. The minimum absolute atomic E-state index is 0.00792. The Kier molecular flexibility index (Phi) is 7.69. The number of benzene rings is 2. The fourth-order valence-corrected chi connectivity index (χ4v) is 4.31. The molecule has 1 aliphatic rings. The second-order valence-corrected chi connectivity index (χ2v) is 8.13. The highest BCUT2D eigenvalue weighted by Gasteiger charge is 2.39. The van der Waals surface area contributed by atoms with Crippen LogP contribution in [0.5, 0.6) is 0 Å². The minimum Gasteiger partial charge on any atom is -0.373 e. The van der Waals surface area contributed by atoms with Crippen LogP contribution < -0.4 is 11.1 Å². The number of amides is 1. The van der Waals surface area contributed by atoms with Crippen molar-refractivity contribution in [1.82, 2.24) is 5.32 Å². The molecule has 33 heavy (non-hydrogen) atoms. The third-order valence-corrected chi connectivity index (χ3v) is 5.73. The maximum Gasteiger partial charge on any atom is 0.416 e. The molecule has 3 rings (SSSR count). The van der Waals surface area contributed by atoms with Crippen LogP contribution in [0, 0.1) is 5.92 Å². The van der Waals surface area contributed by atoms with Crippen LogP contribution >= 0.6 is 0 Å². The first kappa shape index (κ1) is 25.0. The van der Waals surface area contributed by atoms with Gasteiger partial charge in [-0.2, -0.15) is 26.3 Å². The maximum atomic E-state index is 13.1. The van der Waals surface area contributed by atoms with Crippen molar-refractivity contribution in [3.05, 3.63) is 70.8 Å². The highest BCUT2D eigenvalue weighted by atomic mass is 19.4. The molecule has 0 unspecified atom stereocenters. The summed E-state index contributed by atoms with van der Waals surface area (Å²) < 4.78 is 84.7. The summed E-state index contributed by atoms with van der Waals surface area (Å²) in [6.07, 6.45) is -8.93. The van der Waals surface area contributed by atoms with E-state index in [-0.39, 0.29) is 36.6 Å². The number of alkyl halides is 6. The minimum atomic E-state index is -4.91. The molecule has 180 valence electrons. The topological polar surface area (TPSA) is 64.4 Å². The van der Waals surface area contributed by atoms with E-state index in [2.05, 4.69) is 5.32 Å². The van der Waals surface area contributed by atoms with E-state index in [0.29, 0.717) is 31.5 Å². The molecule has 0 saturated heterocycles. The molecule has 1 amide bonds. The van der Waals surface area contributed by atoms with Crippen LogP contribution in [0.15, 0.2) is 48.5 Å². The number of rotatable bonds is 8. The van der Waals surface area contributed by atoms with Gasteiger partial charge in [-0.3, -0.25) is 4.79 Å². The Hall–Kier alpha value is -2.59. The van der Waals surface area contributed by atoms with Crippen molar-refractivity contribution >= 4 is 5.91 Å². The maximum absolute atomic E-state index is 13.1. The highest BCUT2D eigenvalue weighted by Crippen LogP contribution is 2.42. The van der Waals surface area contributed by atoms with E-state index in [9.17, 15) is 31.1 Å². The zero-order valence-electron chi connectivity index (χ0n) is 17.5. The zero-order chi connectivity index (χ0) is 24.2. The van der Waals surface area contributed by atoms with E-state index in [1.54, 1.807) is 0 Å². The van der Waals surface area contributed by atoms with E-state index in [0.717, 1.165) is 5.56 Å². The molecule has 1 fully saturated rings. The van der Waals surface area contributed by atoms with Gasteiger partial charge >= 0.3 is 12.4 Å². The quantitative estimate of drug-likeness (QED) is 0.537. The molecule has 10 heteroatoms. The lowest BCUT2D eigenvalue weighted by Gasteiger charge is -2.26. The van der Waals surface area contributed by atoms with Crippen molar-refractivity contribution in [3.8, 4) is 0 Å². The molecule has 2 aromatic carbocycles. The fourth-order valence-electron chi connectivity index (χ4n) is 4.31. The standard InChI is InChI=1S/C23H24F6N2O2/c24-22(25,26)17-8-14(9-18(10-17)23(27,28)29)13-33-19-7-6-16(11-31-12-20(30)32)21(19)15-4-2-1-3-5-15/h1-5,8-10,16,19,21,31H,6-7,11-13H2,(H2,30,32)/t16-,19-,21-/m0/s1. The normalized spacial score (nSPS) is 21.3. The van der Waals surface area contributed by atoms with E-state index in [4.69, 9.17) is 10.5 Å². The predicted octanol–water partition coefficient (Wildman–Crippen LogP) is 4.88. The monoisotopic (exact) mass is 474 g/mol. The second-order valence-electron chi connectivity index (χ2n) is 8.13. The number of carbonyl (C=O) groups is 1. The third kappa shape index (κ3) is 6.70. The van der Waals surface area contributed by atoms with Gasteiger partial charge in [0.25, 0.3) is 0 Å². The predicted molar refractivity (Wildman–Crippen MR) is 109 cm³/mol. The zero-order valence-corrected chi connectivity index (χ0v) is 17.5. The summed E-state index contributed by atoms with van der Waals surface area (Å²) in [4.78, 5) is 11.0. The molecule has 0 aromatic heterocycles. The molecule has 1 aliphatic carbocycles. The first-order valence-corrected chi connectivity index (χ1v) is 10.4. The van der Waals surface area contributed by atoms with Crippen LogP contribution in [0.25, 0.3) is 0 Å². The molecule has 2 aromatic rings. The molecule has 1 saturated carbocycles. The largest absolute Gasteiger partial charge is 0.416 e. The Morgan fingerprint density at radius 3 is 2.12 bits per heavy atom. The smallest absolute Gasteiger partial charge is 0.373 e. The molecule has 3 N–H and O–H groups in total. The van der Waals surface area contributed by atoms with Gasteiger partial charge in [0, 0.05) is 5.92 Å². The second kappa shape index (κ2) is 10.1. The lowest BCUT2D eigenvalue weighted by molar-refractivity contribution is -0.143. The summed E-state index contributed by atoms with van der Waals surface area (Å²) in [5.74, 6) is -0.578. The number of primary amides is 1. The van der Waals surface area contributed by atoms with Crippen LogP contribution in [0.1, 0.15) is 41.0 Å². The molecule has 0 radical (unpaired) electrons. The van der Waals surface area contributed by atoms with Gasteiger partial charge in [0.2, 0.25) is 5.91 Å². The number of hydrogen-bond acceptors (Lipinski definition) is 3. The lowest BCUT2D eigenvalue weighted by atomic mass is 9.87. The van der Waals surface area contributed by atoms with Gasteiger partial charge in [0.1, 0.15) is 0 Å². The number of nitrogens with two attached hydrogens (primary N) is 1. The van der Waals surface area contributed by atoms with Gasteiger partial charge in [0.15, 0.2) is 0 Å². The molecule has 0 heterocycles. The number of carbonyl (C=O) groups excluding carboxylic acids is 1. The highest BCUT2D eigenvalue weighted by molar-refractivity contribution is 5.75. The van der Waals surface area contributed by atoms with Crippen LogP contribution in [0.4, 0.5) is 26.3 Å². The first-order chi connectivity index (χ1) is 15.4. The van der Waals surface area contributed by atoms with E-state index in [1.807, 2.05) is 30.3 Å². The molecule has 0 bridgehead atoms. The summed E-state index contributed by atoms with van der Waals surface area (Å²) in [7, 11) is 0. The Morgan fingerprint density at radius 2 is 1.58 bits per heavy atom. The number of hydrogen-bond donors (Lipinski definition) is 2. The number of ether oxygens (including phenoxy) is 1. The van der Waals surface area contributed by atoms with Gasteiger partial charge < -0.3 is 15.8 Å². The van der Waals surface area contributed by atoms with Crippen LogP contribution in [0.2, 0.25) is 0 Å². The summed E-state index contributed by atoms with van der Waals surface area (Å²) in [6.45, 7) is 0.0978. The van der Waals surface area contributed by atoms with Gasteiger partial charge in [-0.1, -0.05) is 30.3 Å². The van der Waals surface area contributed by atoms with Gasteiger partial charge in [-0.15, -0.1) is 0 Å². The molecule has 0 aliphatic heterocycles. The van der Waals surface area contributed by atoms with Gasteiger partial charge in [-0.05, 0) is 54.6 Å². The Balaban J connectivity index is 1.79. The van der Waals surface area contributed by atoms with Crippen molar-refractivity contribution in [2.75, 3.05) is 13.1 Å². The summed E-state index contributed by atoms with van der Waals surface area (Å²) in [5, 5.41) is 2.99. The average molecular weight is 474 g/mol. The van der Waals surface area contributed by atoms with Crippen molar-refractivity contribution in [2.45, 2.75) is 43.8 Å². The molecule has 3 atom stereocenters. The third-order valence-electron chi connectivity index (χ3n) is 5.73. The number of nitrogens with one attached hydrogen (secondary N) is 1. The van der Waals surface area contributed by atoms with Crippen LogP contribution in [-0.4, -0.2) is 25.1 Å². The van der Waals surface area contributed by atoms with Gasteiger partial charge in [-0.25, -0.2) is 0 Å². The van der Waals surface area contributed by atoms with Gasteiger partial charge in [0.05, 0.1) is 30.4 Å². The van der Waals surface area contributed by atoms with Crippen LogP contribution in [-0.2, 0) is 28.5 Å².